The molecule has 0 unspecified atom stereocenters. The van der Waals surface area contributed by atoms with Crippen LogP contribution in [0.3, 0.4) is 0 Å². The number of ether oxygens (including phenoxy) is 1. The Kier molecular flexibility index (Phi) is 6.09. The Morgan fingerprint density at radius 3 is 2.82 bits per heavy atom. The SMILES string of the molecule is COC[C@H](C)NC(=O)CCCc1nnc(-c2ccccc2)o1. The van der Waals surface area contributed by atoms with Gasteiger partial charge in [0, 0.05) is 31.6 Å². The van der Waals surface area contributed by atoms with Crippen LogP contribution in [0, 0.1) is 0 Å². The molecular formula is C16H21N3O3. The number of amides is 1. The Hall–Kier alpha value is -2.21. The first-order valence-electron chi connectivity index (χ1n) is 7.35. The smallest absolute Gasteiger partial charge is 0.247 e. The molecule has 1 aromatic carbocycles. The van der Waals surface area contributed by atoms with Gasteiger partial charge in [0.05, 0.1) is 6.61 Å². The zero-order chi connectivity index (χ0) is 15.8. The van der Waals surface area contributed by atoms with E-state index in [1.807, 2.05) is 37.3 Å². The number of benzene rings is 1. The molecule has 0 saturated heterocycles. The van der Waals surface area contributed by atoms with Gasteiger partial charge in [-0.3, -0.25) is 4.79 Å². The molecule has 2 aromatic rings. The molecule has 1 N–H and O–H groups in total. The second-order valence-corrected chi connectivity index (χ2v) is 5.14. The third-order valence-corrected chi connectivity index (χ3v) is 3.11. The van der Waals surface area contributed by atoms with Gasteiger partial charge in [-0.25, -0.2) is 0 Å². The van der Waals surface area contributed by atoms with Crippen LogP contribution < -0.4 is 5.32 Å². The Labute approximate surface area is 129 Å². The van der Waals surface area contributed by atoms with E-state index in [2.05, 4.69) is 15.5 Å². The molecule has 1 heterocycles. The first-order chi connectivity index (χ1) is 10.7. The lowest BCUT2D eigenvalue weighted by molar-refractivity contribution is -0.122. The summed E-state index contributed by atoms with van der Waals surface area (Å²) < 4.78 is 10.6. The summed E-state index contributed by atoms with van der Waals surface area (Å²) in [6.07, 6.45) is 1.69. The van der Waals surface area contributed by atoms with Crippen molar-refractivity contribution >= 4 is 5.91 Å². The maximum Gasteiger partial charge on any atom is 0.247 e. The topological polar surface area (TPSA) is 77.2 Å². The van der Waals surface area contributed by atoms with Crippen LogP contribution in [0.25, 0.3) is 11.5 Å². The lowest BCUT2D eigenvalue weighted by Gasteiger charge is -2.12. The molecule has 0 spiro atoms. The number of carbonyl (C=O) groups is 1. The molecule has 6 nitrogen and oxygen atoms in total. The Balaban J connectivity index is 1.76. The minimum atomic E-state index is 0.00680. The summed E-state index contributed by atoms with van der Waals surface area (Å²) >= 11 is 0. The van der Waals surface area contributed by atoms with E-state index in [0.717, 1.165) is 5.56 Å². The van der Waals surface area contributed by atoms with Crippen molar-refractivity contribution in [3.8, 4) is 11.5 Å². The van der Waals surface area contributed by atoms with E-state index in [9.17, 15) is 4.79 Å². The first kappa shape index (κ1) is 16.2. The average Bonchev–Trinajstić information content (AvgIpc) is 2.97. The molecule has 0 aliphatic carbocycles. The van der Waals surface area contributed by atoms with Crippen LogP contribution in [0.5, 0.6) is 0 Å². The van der Waals surface area contributed by atoms with Gasteiger partial charge in [0.1, 0.15) is 0 Å². The molecule has 6 heteroatoms. The molecular weight excluding hydrogens is 282 g/mol. The van der Waals surface area contributed by atoms with Gasteiger partial charge in [-0.05, 0) is 25.5 Å². The molecule has 0 aliphatic heterocycles. The number of nitrogens with one attached hydrogen (secondary N) is 1. The van der Waals surface area contributed by atoms with Crippen molar-refractivity contribution < 1.29 is 13.9 Å². The van der Waals surface area contributed by atoms with Crippen LogP contribution in [0.2, 0.25) is 0 Å². The number of hydrogen-bond donors (Lipinski definition) is 1. The average molecular weight is 303 g/mol. The van der Waals surface area contributed by atoms with Crippen molar-refractivity contribution in [2.45, 2.75) is 32.2 Å². The number of nitrogens with zero attached hydrogens (tertiary/aromatic N) is 2. The fourth-order valence-electron chi connectivity index (χ4n) is 2.09. The standard InChI is InChI=1S/C16H21N3O3/c1-12(11-21-2)17-14(20)9-6-10-15-18-19-16(22-15)13-7-4-3-5-8-13/h3-5,7-8,12H,6,9-11H2,1-2H3,(H,17,20)/t12-/m0/s1. The number of aromatic nitrogens is 2. The van der Waals surface area contributed by atoms with E-state index in [-0.39, 0.29) is 11.9 Å². The van der Waals surface area contributed by atoms with E-state index < -0.39 is 0 Å². The second-order valence-electron chi connectivity index (χ2n) is 5.14. The van der Waals surface area contributed by atoms with Crippen LogP contribution in [0.4, 0.5) is 0 Å². The molecule has 0 bridgehead atoms. The lowest BCUT2D eigenvalue weighted by atomic mass is 10.2. The molecule has 0 aliphatic rings. The lowest BCUT2D eigenvalue weighted by Crippen LogP contribution is -2.35. The predicted molar refractivity (Wildman–Crippen MR) is 82.2 cm³/mol. The minimum Gasteiger partial charge on any atom is -0.421 e. The van der Waals surface area contributed by atoms with Gasteiger partial charge in [0.2, 0.25) is 17.7 Å². The Bertz CT molecular complexity index is 583. The predicted octanol–water partition coefficient (Wildman–Crippen LogP) is 2.21. The summed E-state index contributed by atoms with van der Waals surface area (Å²) in [5.74, 6) is 1.07. The van der Waals surface area contributed by atoms with Crippen molar-refractivity contribution in [2.24, 2.45) is 0 Å². The van der Waals surface area contributed by atoms with Crippen molar-refractivity contribution in [2.75, 3.05) is 13.7 Å². The van der Waals surface area contributed by atoms with Crippen LogP contribution in [-0.2, 0) is 16.0 Å². The number of aryl methyl sites for hydroxylation is 1. The number of carbonyl (C=O) groups excluding carboxylic acids is 1. The largest absolute Gasteiger partial charge is 0.421 e. The minimum absolute atomic E-state index is 0.00680. The summed E-state index contributed by atoms with van der Waals surface area (Å²) in [5.41, 5.74) is 0.896. The normalized spacial score (nSPS) is 12.1. The summed E-state index contributed by atoms with van der Waals surface area (Å²) in [7, 11) is 1.61. The molecule has 118 valence electrons. The van der Waals surface area contributed by atoms with Crippen molar-refractivity contribution in [3.63, 3.8) is 0 Å². The highest BCUT2D eigenvalue weighted by Crippen LogP contribution is 2.17. The van der Waals surface area contributed by atoms with Gasteiger partial charge in [-0.2, -0.15) is 0 Å². The molecule has 0 fully saturated rings. The highest BCUT2D eigenvalue weighted by atomic mass is 16.5. The van der Waals surface area contributed by atoms with Crippen LogP contribution in [0.15, 0.2) is 34.7 Å². The molecule has 22 heavy (non-hydrogen) atoms. The van der Waals surface area contributed by atoms with Crippen LogP contribution >= 0.6 is 0 Å². The fourth-order valence-corrected chi connectivity index (χ4v) is 2.09. The summed E-state index contributed by atoms with van der Waals surface area (Å²) in [6.45, 7) is 2.42. The summed E-state index contributed by atoms with van der Waals surface area (Å²) in [5, 5.41) is 10.9. The van der Waals surface area contributed by atoms with E-state index in [1.54, 1.807) is 7.11 Å². The van der Waals surface area contributed by atoms with E-state index in [4.69, 9.17) is 9.15 Å². The maximum atomic E-state index is 11.7. The zero-order valence-corrected chi connectivity index (χ0v) is 12.9. The molecule has 2 rings (SSSR count). The Morgan fingerprint density at radius 2 is 2.09 bits per heavy atom. The van der Waals surface area contributed by atoms with Crippen LogP contribution in [0.1, 0.15) is 25.7 Å². The fraction of sp³-hybridized carbons (Fsp3) is 0.438. The number of hydrogen-bond acceptors (Lipinski definition) is 5. The quantitative estimate of drug-likeness (QED) is 0.809. The van der Waals surface area contributed by atoms with Gasteiger partial charge in [0.25, 0.3) is 0 Å². The molecule has 1 atom stereocenters. The summed E-state index contributed by atoms with van der Waals surface area (Å²) in [6, 6.07) is 9.63. The monoisotopic (exact) mass is 303 g/mol. The third-order valence-electron chi connectivity index (χ3n) is 3.11. The van der Waals surface area contributed by atoms with Gasteiger partial charge >= 0.3 is 0 Å². The highest BCUT2D eigenvalue weighted by Gasteiger charge is 2.10. The van der Waals surface area contributed by atoms with Crippen molar-refractivity contribution in [1.29, 1.82) is 0 Å². The molecule has 1 amide bonds. The van der Waals surface area contributed by atoms with E-state index in [1.165, 1.54) is 0 Å². The van der Waals surface area contributed by atoms with Gasteiger partial charge < -0.3 is 14.5 Å². The summed E-state index contributed by atoms with van der Waals surface area (Å²) in [4.78, 5) is 11.7. The second kappa shape index (κ2) is 8.29. The third kappa shape index (κ3) is 4.96. The first-order valence-corrected chi connectivity index (χ1v) is 7.35. The molecule has 0 radical (unpaired) electrons. The van der Waals surface area contributed by atoms with Crippen molar-refractivity contribution in [1.82, 2.24) is 15.5 Å². The van der Waals surface area contributed by atoms with Gasteiger partial charge in [-0.1, -0.05) is 18.2 Å². The van der Waals surface area contributed by atoms with Gasteiger partial charge in [0.15, 0.2) is 0 Å². The number of methoxy groups -OCH3 is 1. The van der Waals surface area contributed by atoms with Crippen LogP contribution in [-0.4, -0.2) is 35.9 Å². The zero-order valence-electron chi connectivity index (χ0n) is 12.9. The van der Waals surface area contributed by atoms with E-state index >= 15 is 0 Å². The number of rotatable bonds is 8. The highest BCUT2D eigenvalue weighted by molar-refractivity contribution is 5.76. The van der Waals surface area contributed by atoms with Gasteiger partial charge in [-0.15, -0.1) is 10.2 Å². The molecule has 1 aromatic heterocycles. The maximum absolute atomic E-state index is 11.7. The Morgan fingerprint density at radius 1 is 1.32 bits per heavy atom. The molecule has 0 saturated carbocycles. The van der Waals surface area contributed by atoms with E-state index in [0.29, 0.717) is 37.7 Å². The van der Waals surface area contributed by atoms with Crippen molar-refractivity contribution in [3.05, 3.63) is 36.2 Å².